The first-order chi connectivity index (χ1) is 25.0. The molecule has 0 fully saturated rings. The van der Waals surface area contributed by atoms with Crippen molar-refractivity contribution in [3.8, 4) is 34.2 Å². The molecule has 0 bridgehead atoms. The number of hydrogen-bond acceptors (Lipinski definition) is 3. The molecule has 0 atom stereocenters. The number of anilines is 3. The highest BCUT2D eigenvalue weighted by molar-refractivity contribution is 5.86. The SMILES string of the molecule is CC(C)c1cccc(C(C)C)c1-n1ccnc1-c1cccc(N(c2ccccc2)c2cccc(-c3nc4ccccc4n3-c3ccccc3)c2)c1. The normalized spacial score (nSPS) is 11.5. The molecular formula is C46H41N5. The topological polar surface area (TPSA) is 38.9 Å². The second-order valence-corrected chi connectivity index (χ2v) is 13.6. The minimum absolute atomic E-state index is 0.371. The van der Waals surface area contributed by atoms with Crippen molar-refractivity contribution in [2.45, 2.75) is 39.5 Å². The van der Waals surface area contributed by atoms with Crippen LogP contribution >= 0.6 is 0 Å². The van der Waals surface area contributed by atoms with Crippen molar-refractivity contribution in [1.29, 1.82) is 0 Å². The Balaban J connectivity index is 1.27. The molecular weight excluding hydrogens is 623 g/mol. The lowest BCUT2D eigenvalue weighted by molar-refractivity contribution is 0.807. The van der Waals surface area contributed by atoms with Gasteiger partial charge in [0.2, 0.25) is 0 Å². The van der Waals surface area contributed by atoms with E-state index in [1.54, 1.807) is 0 Å². The minimum Gasteiger partial charge on any atom is -0.310 e. The van der Waals surface area contributed by atoms with Crippen molar-refractivity contribution in [2.24, 2.45) is 0 Å². The molecule has 0 aliphatic carbocycles. The Bertz CT molecular complexity index is 2410. The Labute approximate surface area is 300 Å². The summed E-state index contributed by atoms with van der Waals surface area (Å²) in [5.74, 6) is 2.57. The van der Waals surface area contributed by atoms with E-state index in [1.165, 1.54) is 16.8 Å². The van der Waals surface area contributed by atoms with Gasteiger partial charge >= 0.3 is 0 Å². The van der Waals surface area contributed by atoms with E-state index >= 15 is 0 Å². The van der Waals surface area contributed by atoms with Crippen LogP contribution in [-0.4, -0.2) is 19.1 Å². The maximum Gasteiger partial charge on any atom is 0.145 e. The number of hydrogen-bond donors (Lipinski definition) is 0. The lowest BCUT2D eigenvalue weighted by Crippen LogP contribution is -2.11. The minimum atomic E-state index is 0.371. The molecule has 250 valence electrons. The van der Waals surface area contributed by atoms with Gasteiger partial charge in [-0.2, -0.15) is 0 Å². The van der Waals surface area contributed by atoms with Crippen molar-refractivity contribution >= 4 is 28.1 Å². The number of aromatic nitrogens is 4. The van der Waals surface area contributed by atoms with Crippen molar-refractivity contribution in [1.82, 2.24) is 19.1 Å². The summed E-state index contributed by atoms with van der Waals surface area (Å²) in [6.45, 7) is 9.06. The molecule has 0 saturated heterocycles. The van der Waals surface area contributed by atoms with Gasteiger partial charge in [-0.05, 0) is 83.6 Å². The van der Waals surface area contributed by atoms with Crippen LogP contribution in [0.5, 0.6) is 0 Å². The quantitative estimate of drug-likeness (QED) is 0.154. The van der Waals surface area contributed by atoms with Gasteiger partial charge in [0.1, 0.15) is 11.6 Å². The largest absolute Gasteiger partial charge is 0.310 e. The number of nitrogens with zero attached hydrogens (tertiary/aromatic N) is 5. The van der Waals surface area contributed by atoms with Crippen LogP contribution in [0.15, 0.2) is 164 Å². The Hall–Kier alpha value is -6.20. The number of fused-ring (bicyclic) bond motifs is 1. The van der Waals surface area contributed by atoms with Gasteiger partial charge in [0.15, 0.2) is 0 Å². The Kier molecular flexibility index (Phi) is 8.54. The predicted octanol–water partition coefficient (Wildman–Crippen LogP) is 12.3. The van der Waals surface area contributed by atoms with Gasteiger partial charge in [-0.15, -0.1) is 0 Å². The lowest BCUT2D eigenvalue weighted by Gasteiger charge is -2.26. The zero-order valence-corrected chi connectivity index (χ0v) is 29.5. The highest BCUT2D eigenvalue weighted by atomic mass is 15.1. The summed E-state index contributed by atoms with van der Waals surface area (Å²) in [7, 11) is 0. The van der Waals surface area contributed by atoms with Crippen molar-refractivity contribution in [3.63, 3.8) is 0 Å². The molecule has 0 aliphatic heterocycles. The van der Waals surface area contributed by atoms with E-state index in [0.717, 1.165) is 56.6 Å². The molecule has 8 rings (SSSR count). The van der Waals surface area contributed by atoms with E-state index in [-0.39, 0.29) is 0 Å². The number of imidazole rings is 2. The van der Waals surface area contributed by atoms with Crippen LogP contribution < -0.4 is 4.90 Å². The lowest BCUT2D eigenvalue weighted by atomic mass is 9.92. The maximum atomic E-state index is 5.16. The number of rotatable bonds is 9. The summed E-state index contributed by atoms with van der Waals surface area (Å²) in [5, 5.41) is 0. The van der Waals surface area contributed by atoms with E-state index in [1.807, 2.05) is 18.3 Å². The van der Waals surface area contributed by atoms with Crippen LogP contribution in [0.25, 0.3) is 45.2 Å². The molecule has 0 spiro atoms. The van der Waals surface area contributed by atoms with Crippen LogP contribution in [0.2, 0.25) is 0 Å². The predicted molar refractivity (Wildman–Crippen MR) is 212 cm³/mol. The first-order valence-electron chi connectivity index (χ1n) is 17.7. The van der Waals surface area contributed by atoms with Gasteiger partial charge in [-0.25, -0.2) is 9.97 Å². The molecule has 0 amide bonds. The fourth-order valence-corrected chi connectivity index (χ4v) is 7.14. The molecule has 0 radical (unpaired) electrons. The van der Waals surface area contributed by atoms with Crippen molar-refractivity contribution < 1.29 is 0 Å². The summed E-state index contributed by atoms with van der Waals surface area (Å²) in [4.78, 5) is 12.4. The Morgan fingerprint density at radius 2 is 1.08 bits per heavy atom. The van der Waals surface area contributed by atoms with Crippen LogP contribution in [-0.2, 0) is 0 Å². The van der Waals surface area contributed by atoms with E-state index in [2.05, 4.69) is 187 Å². The molecule has 5 nitrogen and oxygen atoms in total. The Morgan fingerprint density at radius 3 is 1.73 bits per heavy atom. The second-order valence-electron chi connectivity index (χ2n) is 13.6. The zero-order chi connectivity index (χ0) is 34.9. The van der Waals surface area contributed by atoms with E-state index in [0.29, 0.717) is 11.8 Å². The van der Waals surface area contributed by atoms with Gasteiger partial charge in [0, 0.05) is 46.3 Å². The smallest absolute Gasteiger partial charge is 0.145 e. The van der Waals surface area contributed by atoms with E-state index in [4.69, 9.17) is 9.97 Å². The summed E-state index contributed by atoms with van der Waals surface area (Å²) in [6, 6.07) is 53.5. The first-order valence-corrected chi connectivity index (χ1v) is 17.7. The van der Waals surface area contributed by atoms with Crippen LogP contribution in [0.3, 0.4) is 0 Å². The third-order valence-corrected chi connectivity index (χ3v) is 9.54. The summed E-state index contributed by atoms with van der Waals surface area (Å²) in [5.41, 5.74) is 12.2. The number of benzene rings is 6. The molecule has 2 aromatic heterocycles. The van der Waals surface area contributed by atoms with Gasteiger partial charge < -0.3 is 4.90 Å². The van der Waals surface area contributed by atoms with E-state index in [9.17, 15) is 0 Å². The van der Waals surface area contributed by atoms with Crippen LogP contribution in [0.1, 0.15) is 50.7 Å². The molecule has 0 unspecified atom stereocenters. The average molecular weight is 664 g/mol. The Morgan fingerprint density at radius 1 is 0.529 bits per heavy atom. The highest BCUT2D eigenvalue weighted by Gasteiger charge is 2.21. The monoisotopic (exact) mass is 663 g/mol. The molecule has 0 aliphatic rings. The molecule has 0 saturated carbocycles. The van der Waals surface area contributed by atoms with Gasteiger partial charge in [0.05, 0.1) is 16.7 Å². The number of para-hydroxylation sites is 5. The average Bonchev–Trinajstić information content (AvgIpc) is 3.82. The highest BCUT2D eigenvalue weighted by Crippen LogP contribution is 2.40. The maximum absolute atomic E-state index is 5.16. The molecule has 0 N–H and O–H groups in total. The van der Waals surface area contributed by atoms with Gasteiger partial charge in [-0.1, -0.05) is 119 Å². The third-order valence-electron chi connectivity index (χ3n) is 9.54. The fourth-order valence-electron chi connectivity index (χ4n) is 7.14. The first kappa shape index (κ1) is 32.0. The zero-order valence-electron chi connectivity index (χ0n) is 29.5. The summed E-state index contributed by atoms with van der Waals surface area (Å²) in [6.07, 6.45) is 4.02. The molecule has 51 heavy (non-hydrogen) atoms. The third kappa shape index (κ3) is 6.01. The summed E-state index contributed by atoms with van der Waals surface area (Å²) < 4.78 is 4.54. The molecule has 8 aromatic rings. The van der Waals surface area contributed by atoms with Crippen LogP contribution in [0, 0.1) is 0 Å². The van der Waals surface area contributed by atoms with E-state index < -0.39 is 0 Å². The van der Waals surface area contributed by atoms with Crippen molar-refractivity contribution in [3.05, 3.63) is 175 Å². The fraction of sp³-hybridized carbons (Fsp3) is 0.130. The standard InChI is InChI=1S/C46H41N5/c1-32(2)40-24-15-25-41(33(3)4)44(40)49-29-28-47-45(49)34-16-13-22-38(30-34)50(36-18-7-5-8-19-36)39-23-14-17-35(31-39)46-48-42-26-11-12-27-43(42)51(46)37-20-9-6-10-21-37/h5-33H,1-4H3. The second kappa shape index (κ2) is 13.6. The van der Waals surface area contributed by atoms with Crippen molar-refractivity contribution in [2.75, 3.05) is 4.90 Å². The van der Waals surface area contributed by atoms with Crippen LogP contribution in [0.4, 0.5) is 17.1 Å². The van der Waals surface area contributed by atoms with Gasteiger partial charge in [0.25, 0.3) is 0 Å². The summed E-state index contributed by atoms with van der Waals surface area (Å²) >= 11 is 0. The molecule has 5 heteroatoms. The molecule has 6 aromatic carbocycles. The van der Waals surface area contributed by atoms with Gasteiger partial charge in [-0.3, -0.25) is 9.13 Å². The molecule has 2 heterocycles.